The first kappa shape index (κ1) is 9.51. The number of aromatic nitrogens is 1. The van der Waals surface area contributed by atoms with Gasteiger partial charge in [-0.05, 0) is 6.07 Å². The standard InChI is InChI=1S/C9H12N2O2/c1-3-8(12)10-7-5-4-6-9(11-7)13-2/h4-6H,3H2,1-2H3,(H,10,11,12). The monoisotopic (exact) mass is 180 g/mol. The molecule has 0 spiro atoms. The Morgan fingerprint density at radius 1 is 1.62 bits per heavy atom. The van der Waals surface area contributed by atoms with Crippen LogP contribution in [0.4, 0.5) is 5.82 Å². The summed E-state index contributed by atoms with van der Waals surface area (Å²) in [5.41, 5.74) is 0. The number of hydrogen-bond acceptors (Lipinski definition) is 3. The molecule has 70 valence electrons. The number of rotatable bonds is 3. The van der Waals surface area contributed by atoms with E-state index in [1.54, 1.807) is 25.1 Å². The molecule has 0 fully saturated rings. The summed E-state index contributed by atoms with van der Waals surface area (Å²) in [6.07, 6.45) is 0.443. The Morgan fingerprint density at radius 3 is 3.00 bits per heavy atom. The summed E-state index contributed by atoms with van der Waals surface area (Å²) in [6, 6.07) is 5.22. The Morgan fingerprint density at radius 2 is 2.38 bits per heavy atom. The van der Waals surface area contributed by atoms with Gasteiger partial charge < -0.3 is 10.1 Å². The second-order valence-corrected chi connectivity index (χ2v) is 2.47. The van der Waals surface area contributed by atoms with Gasteiger partial charge in [0.2, 0.25) is 11.8 Å². The minimum atomic E-state index is -0.0549. The lowest BCUT2D eigenvalue weighted by Gasteiger charge is -2.03. The smallest absolute Gasteiger partial charge is 0.225 e. The molecule has 1 amide bonds. The van der Waals surface area contributed by atoms with Crippen molar-refractivity contribution in [2.45, 2.75) is 13.3 Å². The number of hydrogen-bond donors (Lipinski definition) is 1. The van der Waals surface area contributed by atoms with Gasteiger partial charge >= 0.3 is 0 Å². The number of carbonyl (C=O) groups excluding carboxylic acids is 1. The van der Waals surface area contributed by atoms with Gasteiger partial charge in [-0.1, -0.05) is 13.0 Å². The fourth-order valence-electron chi connectivity index (χ4n) is 0.829. The van der Waals surface area contributed by atoms with E-state index in [9.17, 15) is 4.79 Å². The molecule has 1 N–H and O–H groups in total. The van der Waals surface area contributed by atoms with Crippen molar-refractivity contribution < 1.29 is 9.53 Å². The van der Waals surface area contributed by atoms with E-state index in [0.29, 0.717) is 18.1 Å². The first-order chi connectivity index (χ1) is 6.26. The van der Waals surface area contributed by atoms with Gasteiger partial charge in [0, 0.05) is 12.5 Å². The van der Waals surface area contributed by atoms with Gasteiger partial charge in [-0.2, -0.15) is 4.98 Å². The second-order valence-electron chi connectivity index (χ2n) is 2.47. The van der Waals surface area contributed by atoms with Gasteiger partial charge in [0.25, 0.3) is 0 Å². The zero-order chi connectivity index (χ0) is 9.68. The van der Waals surface area contributed by atoms with Gasteiger partial charge in [0.1, 0.15) is 5.82 Å². The summed E-state index contributed by atoms with van der Waals surface area (Å²) in [6.45, 7) is 1.79. The summed E-state index contributed by atoms with van der Waals surface area (Å²) in [5, 5.41) is 2.64. The van der Waals surface area contributed by atoms with Crippen LogP contribution in [0.2, 0.25) is 0 Å². The number of nitrogens with one attached hydrogen (secondary N) is 1. The summed E-state index contributed by atoms with van der Waals surface area (Å²) in [7, 11) is 1.54. The highest BCUT2D eigenvalue weighted by Crippen LogP contribution is 2.10. The van der Waals surface area contributed by atoms with Crippen LogP contribution in [0.3, 0.4) is 0 Å². The molecular weight excluding hydrogens is 168 g/mol. The van der Waals surface area contributed by atoms with E-state index in [1.165, 1.54) is 7.11 Å². The van der Waals surface area contributed by atoms with Crippen molar-refractivity contribution in [1.29, 1.82) is 0 Å². The molecule has 13 heavy (non-hydrogen) atoms. The van der Waals surface area contributed by atoms with Crippen LogP contribution in [0.1, 0.15) is 13.3 Å². The molecule has 0 aliphatic carbocycles. The lowest BCUT2D eigenvalue weighted by molar-refractivity contribution is -0.115. The van der Waals surface area contributed by atoms with E-state index in [1.807, 2.05) is 0 Å². The largest absolute Gasteiger partial charge is 0.481 e. The predicted octanol–water partition coefficient (Wildman–Crippen LogP) is 1.44. The summed E-state index contributed by atoms with van der Waals surface area (Å²) < 4.78 is 4.91. The number of carbonyl (C=O) groups is 1. The number of amides is 1. The highest BCUT2D eigenvalue weighted by molar-refractivity contribution is 5.89. The highest BCUT2D eigenvalue weighted by Gasteiger charge is 2.00. The molecule has 1 aromatic rings. The lowest BCUT2D eigenvalue weighted by atomic mass is 10.4. The van der Waals surface area contributed by atoms with E-state index >= 15 is 0 Å². The fourth-order valence-corrected chi connectivity index (χ4v) is 0.829. The molecule has 0 aliphatic heterocycles. The number of nitrogens with zero attached hydrogens (tertiary/aromatic N) is 1. The van der Waals surface area contributed by atoms with Crippen molar-refractivity contribution >= 4 is 11.7 Å². The van der Waals surface area contributed by atoms with Crippen molar-refractivity contribution in [3.8, 4) is 5.88 Å². The minimum absolute atomic E-state index is 0.0549. The van der Waals surface area contributed by atoms with E-state index in [0.717, 1.165) is 0 Å². The molecule has 0 saturated heterocycles. The molecule has 4 heteroatoms. The van der Waals surface area contributed by atoms with Crippen LogP contribution in [0.15, 0.2) is 18.2 Å². The average Bonchev–Trinajstić information content (AvgIpc) is 2.18. The van der Waals surface area contributed by atoms with Gasteiger partial charge in [-0.3, -0.25) is 4.79 Å². The van der Waals surface area contributed by atoms with Crippen molar-refractivity contribution in [3.63, 3.8) is 0 Å². The highest BCUT2D eigenvalue weighted by atomic mass is 16.5. The van der Waals surface area contributed by atoms with E-state index < -0.39 is 0 Å². The predicted molar refractivity (Wildman–Crippen MR) is 49.7 cm³/mol. The maximum Gasteiger partial charge on any atom is 0.225 e. The molecule has 4 nitrogen and oxygen atoms in total. The van der Waals surface area contributed by atoms with Crippen LogP contribution in [-0.2, 0) is 4.79 Å². The first-order valence-corrected chi connectivity index (χ1v) is 4.07. The average molecular weight is 180 g/mol. The first-order valence-electron chi connectivity index (χ1n) is 4.07. The van der Waals surface area contributed by atoms with Gasteiger partial charge in [0.05, 0.1) is 7.11 Å². The van der Waals surface area contributed by atoms with Crippen LogP contribution in [0.25, 0.3) is 0 Å². The topological polar surface area (TPSA) is 51.2 Å². The van der Waals surface area contributed by atoms with Crippen LogP contribution in [0, 0.1) is 0 Å². The van der Waals surface area contributed by atoms with Gasteiger partial charge in [-0.25, -0.2) is 0 Å². The number of anilines is 1. The number of ether oxygens (including phenoxy) is 1. The van der Waals surface area contributed by atoms with Crippen LogP contribution in [0.5, 0.6) is 5.88 Å². The quantitative estimate of drug-likeness (QED) is 0.765. The molecule has 0 radical (unpaired) electrons. The molecule has 0 saturated carbocycles. The Labute approximate surface area is 76.9 Å². The van der Waals surface area contributed by atoms with Gasteiger partial charge in [0.15, 0.2) is 0 Å². The third-order valence-electron chi connectivity index (χ3n) is 1.52. The second kappa shape index (κ2) is 4.45. The van der Waals surface area contributed by atoms with Crippen LogP contribution >= 0.6 is 0 Å². The molecule has 1 heterocycles. The van der Waals surface area contributed by atoms with E-state index in [2.05, 4.69) is 10.3 Å². The maximum atomic E-state index is 11.0. The summed E-state index contributed by atoms with van der Waals surface area (Å²) >= 11 is 0. The lowest BCUT2D eigenvalue weighted by Crippen LogP contribution is -2.10. The fraction of sp³-hybridized carbons (Fsp3) is 0.333. The normalized spacial score (nSPS) is 9.38. The van der Waals surface area contributed by atoms with Crippen LogP contribution in [-0.4, -0.2) is 18.0 Å². The Hall–Kier alpha value is -1.58. The summed E-state index contributed by atoms with van der Waals surface area (Å²) in [4.78, 5) is 15.0. The molecule has 0 aromatic carbocycles. The summed E-state index contributed by atoms with van der Waals surface area (Å²) in [5.74, 6) is 0.959. The molecule has 0 aliphatic rings. The maximum absolute atomic E-state index is 11.0. The van der Waals surface area contributed by atoms with Gasteiger partial charge in [-0.15, -0.1) is 0 Å². The number of methoxy groups -OCH3 is 1. The molecule has 1 aromatic heterocycles. The van der Waals surface area contributed by atoms with E-state index in [-0.39, 0.29) is 5.91 Å². The van der Waals surface area contributed by atoms with Crippen molar-refractivity contribution in [3.05, 3.63) is 18.2 Å². The molecule has 0 atom stereocenters. The Balaban J connectivity index is 2.71. The molecule has 0 unspecified atom stereocenters. The Bertz CT molecular complexity index is 299. The van der Waals surface area contributed by atoms with Crippen molar-refractivity contribution in [2.24, 2.45) is 0 Å². The molecular formula is C9H12N2O2. The zero-order valence-electron chi connectivity index (χ0n) is 7.70. The van der Waals surface area contributed by atoms with Crippen LogP contribution < -0.4 is 10.1 Å². The van der Waals surface area contributed by atoms with Crippen molar-refractivity contribution in [2.75, 3.05) is 12.4 Å². The third kappa shape index (κ3) is 2.74. The zero-order valence-corrected chi connectivity index (χ0v) is 7.70. The SMILES string of the molecule is CCC(=O)Nc1cccc(OC)n1. The third-order valence-corrected chi connectivity index (χ3v) is 1.52. The minimum Gasteiger partial charge on any atom is -0.481 e. The molecule has 0 bridgehead atoms. The van der Waals surface area contributed by atoms with E-state index in [4.69, 9.17) is 4.74 Å². The molecule has 1 rings (SSSR count). The number of pyridine rings is 1. The Kier molecular flexibility index (Phi) is 3.25. The van der Waals surface area contributed by atoms with Crippen molar-refractivity contribution in [1.82, 2.24) is 4.98 Å².